The van der Waals surface area contributed by atoms with Gasteiger partial charge >= 0.3 is 12.0 Å². The lowest BCUT2D eigenvalue weighted by atomic mass is 10.1. The average Bonchev–Trinajstić information content (AvgIpc) is 3.20. The van der Waals surface area contributed by atoms with E-state index in [-0.39, 0.29) is 47.8 Å². The molecule has 1 atom stereocenters. The number of benzene rings is 1. The summed E-state index contributed by atoms with van der Waals surface area (Å²) in [6.45, 7) is 0.807. The topological polar surface area (TPSA) is 138 Å². The first-order chi connectivity index (χ1) is 14.0. The average molecular weight is 399 g/mol. The molecule has 1 aromatic heterocycles. The quantitative estimate of drug-likeness (QED) is 0.672. The lowest BCUT2D eigenvalue weighted by Crippen LogP contribution is -2.39. The molecule has 0 bridgehead atoms. The molecule has 2 heterocycles. The van der Waals surface area contributed by atoms with E-state index in [1.54, 1.807) is 17.0 Å². The zero-order chi connectivity index (χ0) is 20.4. The highest BCUT2D eigenvalue weighted by Gasteiger charge is 2.35. The van der Waals surface area contributed by atoms with Crippen LogP contribution in [0.2, 0.25) is 0 Å². The van der Waals surface area contributed by atoms with Crippen LogP contribution in [0.1, 0.15) is 64.2 Å². The van der Waals surface area contributed by atoms with Gasteiger partial charge in [0.15, 0.2) is 0 Å². The van der Waals surface area contributed by atoms with Gasteiger partial charge in [-0.1, -0.05) is 17.3 Å². The molecule has 152 valence electrons. The maximum atomic E-state index is 12.6. The Hall–Kier alpha value is -3.43. The second-order valence-corrected chi connectivity index (χ2v) is 7.22. The third-order valence-corrected chi connectivity index (χ3v) is 5.00. The maximum absolute atomic E-state index is 12.6. The Bertz CT molecular complexity index is 921. The SMILES string of the molecule is O=C(O)c1ccc(CNC(=O)N2CCCC2c2nc(C(=O)NC3CC3)no2)cc1. The number of hydrogen-bond donors (Lipinski definition) is 3. The van der Waals surface area contributed by atoms with Crippen molar-refractivity contribution in [3.8, 4) is 0 Å². The molecule has 2 aliphatic rings. The number of aromatic nitrogens is 2. The lowest BCUT2D eigenvalue weighted by molar-refractivity contribution is 0.0696. The summed E-state index contributed by atoms with van der Waals surface area (Å²) in [5.74, 6) is -1.12. The van der Waals surface area contributed by atoms with Crippen LogP contribution in [0.3, 0.4) is 0 Å². The highest BCUT2D eigenvalue weighted by molar-refractivity contribution is 5.90. The summed E-state index contributed by atoms with van der Waals surface area (Å²) in [7, 11) is 0. The van der Waals surface area contributed by atoms with Crippen molar-refractivity contribution in [2.24, 2.45) is 0 Å². The number of carbonyl (C=O) groups excluding carboxylic acids is 2. The minimum absolute atomic E-state index is 0.0160. The van der Waals surface area contributed by atoms with Crippen LogP contribution in [0.25, 0.3) is 0 Å². The van der Waals surface area contributed by atoms with Gasteiger partial charge in [-0.3, -0.25) is 4.79 Å². The molecule has 1 saturated heterocycles. The van der Waals surface area contributed by atoms with Crippen molar-refractivity contribution >= 4 is 17.9 Å². The van der Waals surface area contributed by atoms with Crippen LogP contribution in [0, 0.1) is 0 Å². The summed E-state index contributed by atoms with van der Waals surface area (Å²) in [6.07, 6.45) is 3.39. The van der Waals surface area contributed by atoms with Crippen molar-refractivity contribution in [1.82, 2.24) is 25.7 Å². The molecule has 1 aliphatic heterocycles. The van der Waals surface area contributed by atoms with Gasteiger partial charge in [0.1, 0.15) is 6.04 Å². The van der Waals surface area contributed by atoms with Crippen LogP contribution in [0.15, 0.2) is 28.8 Å². The zero-order valence-corrected chi connectivity index (χ0v) is 15.6. The summed E-state index contributed by atoms with van der Waals surface area (Å²) in [5, 5.41) is 18.3. The van der Waals surface area contributed by atoms with Crippen LogP contribution in [-0.4, -0.2) is 50.6 Å². The molecule has 29 heavy (non-hydrogen) atoms. The second-order valence-electron chi connectivity index (χ2n) is 7.22. The van der Waals surface area contributed by atoms with Gasteiger partial charge in [0.05, 0.1) is 5.56 Å². The molecular formula is C19H21N5O5. The number of aromatic carboxylic acids is 1. The van der Waals surface area contributed by atoms with Crippen molar-refractivity contribution in [1.29, 1.82) is 0 Å². The van der Waals surface area contributed by atoms with Crippen LogP contribution in [-0.2, 0) is 6.54 Å². The number of nitrogens with zero attached hydrogens (tertiary/aromatic N) is 3. The summed E-state index contributed by atoms with van der Waals surface area (Å²) < 4.78 is 5.25. The number of carbonyl (C=O) groups is 3. The molecule has 4 rings (SSSR count). The predicted molar refractivity (Wildman–Crippen MR) is 99.1 cm³/mol. The largest absolute Gasteiger partial charge is 0.478 e. The standard InChI is InChI=1S/C19H21N5O5/c25-16(21-13-7-8-13)15-22-17(29-23-15)14-2-1-9-24(14)19(28)20-10-11-3-5-12(6-4-11)18(26)27/h3-6,13-14H,1-2,7-10H2,(H,20,28)(H,21,25)(H,26,27). The van der Waals surface area contributed by atoms with Gasteiger partial charge in [0.25, 0.3) is 11.7 Å². The molecule has 0 radical (unpaired) electrons. The third kappa shape index (κ3) is 4.36. The highest BCUT2D eigenvalue weighted by atomic mass is 16.5. The van der Waals surface area contributed by atoms with E-state index in [1.807, 2.05) is 0 Å². The van der Waals surface area contributed by atoms with E-state index >= 15 is 0 Å². The summed E-state index contributed by atoms with van der Waals surface area (Å²) >= 11 is 0. The first-order valence-corrected chi connectivity index (χ1v) is 9.52. The van der Waals surface area contributed by atoms with E-state index in [9.17, 15) is 14.4 Å². The van der Waals surface area contributed by atoms with Crippen molar-refractivity contribution in [3.05, 3.63) is 47.1 Å². The van der Waals surface area contributed by atoms with Gasteiger partial charge in [-0.15, -0.1) is 0 Å². The van der Waals surface area contributed by atoms with Gasteiger partial charge in [-0.2, -0.15) is 4.98 Å². The van der Waals surface area contributed by atoms with E-state index in [1.165, 1.54) is 12.1 Å². The van der Waals surface area contributed by atoms with E-state index < -0.39 is 5.97 Å². The smallest absolute Gasteiger partial charge is 0.335 e. The minimum atomic E-state index is -0.995. The van der Waals surface area contributed by atoms with Crippen molar-refractivity contribution in [2.75, 3.05) is 6.54 Å². The zero-order valence-electron chi connectivity index (χ0n) is 15.6. The van der Waals surface area contributed by atoms with Crippen molar-refractivity contribution in [3.63, 3.8) is 0 Å². The molecular weight excluding hydrogens is 378 g/mol. The predicted octanol–water partition coefficient (Wildman–Crippen LogP) is 1.71. The Morgan fingerprint density at radius 2 is 1.93 bits per heavy atom. The first-order valence-electron chi connectivity index (χ1n) is 9.52. The fourth-order valence-corrected chi connectivity index (χ4v) is 3.25. The lowest BCUT2D eigenvalue weighted by Gasteiger charge is -2.22. The molecule has 10 heteroatoms. The molecule has 1 unspecified atom stereocenters. The number of hydrogen-bond acceptors (Lipinski definition) is 6. The Kier molecular flexibility index (Phi) is 5.15. The summed E-state index contributed by atoms with van der Waals surface area (Å²) in [4.78, 5) is 41.4. The first kappa shape index (κ1) is 18.9. The Morgan fingerprint density at radius 1 is 1.17 bits per heavy atom. The number of rotatable bonds is 6. The number of amides is 3. The maximum Gasteiger partial charge on any atom is 0.335 e. The molecule has 1 aliphatic carbocycles. The number of urea groups is 1. The monoisotopic (exact) mass is 399 g/mol. The van der Waals surface area contributed by atoms with E-state index in [4.69, 9.17) is 9.63 Å². The molecule has 2 aromatic rings. The van der Waals surface area contributed by atoms with Crippen LogP contribution in [0.5, 0.6) is 0 Å². The van der Waals surface area contributed by atoms with Gasteiger partial charge in [0.2, 0.25) is 5.89 Å². The number of carboxylic acids is 1. The number of nitrogens with one attached hydrogen (secondary N) is 2. The number of likely N-dealkylation sites (tertiary alicyclic amines) is 1. The van der Waals surface area contributed by atoms with Crippen LogP contribution < -0.4 is 10.6 Å². The summed E-state index contributed by atoms with van der Waals surface area (Å²) in [5.41, 5.74) is 0.980. The summed E-state index contributed by atoms with van der Waals surface area (Å²) in [6, 6.07) is 5.85. The second kappa shape index (κ2) is 7.90. The van der Waals surface area contributed by atoms with Crippen LogP contribution in [0.4, 0.5) is 4.79 Å². The van der Waals surface area contributed by atoms with E-state index in [0.717, 1.165) is 24.8 Å². The molecule has 3 N–H and O–H groups in total. The minimum Gasteiger partial charge on any atom is -0.478 e. The van der Waals surface area contributed by atoms with Crippen LogP contribution >= 0.6 is 0 Å². The fourth-order valence-electron chi connectivity index (χ4n) is 3.25. The Labute approximate surface area is 166 Å². The van der Waals surface area contributed by atoms with Gasteiger partial charge in [-0.05, 0) is 43.4 Å². The van der Waals surface area contributed by atoms with Gasteiger partial charge < -0.3 is 25.2 Å². The Balaban J connectivity index is 1.36. The van der Waals surface area contributed by atoms with E-state index in [0.29, 0.717) is 13.0 Å². The van der Waals surface area contributed by atoms with Crippen molar-refractivity contribution in [2.45, 2.75) is 44.3 Å². The number of carboxylic acid groups (broad SMARTS) is 1. The van der Waals surface area contributed by atoms with Crippen molar-refractivity contribution < 1.29 is 24.0 Å². The molecule has 2 fully saturated rings. The molecule has 1 aromatic carbocycles. The molecule has 10 nitrogen and oxygen atoms in total. The normalized spacial score (nSPS) is 18.5. The molecule has 3 amide bonds. The van der Waals surface area contributed by atoms with E-state index in [2.05, 4.69) is 20.8 Å². The third-order valence-electron chi connectivity index (χ3n) is 5.00. The highest BCUT2D eigenvalue weighted by Crippen LogP contribution is 2.31. The Morgan fingerprint density at radius 3 is 2.62 bits per heavy atom. The molecule has 1 saturated carbocycles. The fraction of sp³-hybridized carbons (Fsp3) is 0.421. The van der Waals surface area contributed by atoms with Gasteiger partial charge in [-0.25, -0.2) is 9.59 Å². The molecule has 0 spiro atoms. The van der Waals surface area contributed by atoms with Gasteiger partial charge in [0, 0.05) is 19.1 Å².